The number of carbonyl (C=O) groups is 4. The van der Waals surface area contributed by atoms with E-state index in [0.717, 1.165) is 35.9 Å². The van der Waals surface area contributed by atoms with E-state index in [0.29, 0.717) is 5.56 Å². The van der Waals surface area contributed by atoms with E-state index in [4.69, 9.17) is 4.74 Å². The Balaban J connectivity index is 1.74. The Bertz CT molecular complexity index is 1360. The highest BCUT2D eigenvalue weighted by Crippen LogP contribution is 2.55. The van der Waals surface area contributed by atoms with Crippen LogP contribution in [0.3, 0.4) is 0 Å². The number of likely N-dealkylation sites (tertiary alicyclic amines) is 1. The van der Waals surface area contributed by atoms with Gasteiger partial charge in [0.2, 0.25) is 0 Å². The second-order valence-electron chi connectivity index (χ2n) is 11.1. The molecule has 0 radical (unpaired) electrons. The zero-order chi connectivity index (χ0) is 29.4. The number of nitrogens with zero attached hydrogens (tertiary/aromatic N) is 3. The molecule has 3 amide bonds. The van der Waals surface area contributed by atoms with Crippen LogP contribution in [0.2, 0.25) is 0 Å². The minimum absolute atomic E-state index is 0.225. The van der Waals surface area contributed by atoms with Crippen LogP contribution in [0.25, 0.3) is 0 Å². The molecule has 0 unspecified atom stereocenters. The summed E-state index contributed by atoms with van der Waals surface area (Å²) in [6.07, 6.45) is 1.13. The molecule has 1 aliphatic heterocycles. The molecule has 2 aliphatic rings. The van der Waals surface area contributed by atoms with E-state index in [9.17, 15) is 33.7 Å². The molecule has 1 spiro atoms. The summed E-state index contributed by atoms with van der Waals surface area (Å²) >= 11 is 0. The summed E-state index contributed by atoms with van der Waals surface area (Å²) in [6, 6.07) is 7.71. The van der Waals surface area contributed by atoms with Crippen LogP contribution in [0.4, 0.5) is 14.9 Å². The van der Waals surface area contributed by atoms with Crippen molar-refractivity contribution in [1.29, 1.82) is 0 Å². The van der Waals surface area contributed by atoms with Gasteiger partial charge >= 0.3 is 12.1 Å². The molecular formula is C28H30FN3O8. The first-order valence-electron chi connectivity index (χ1n) is 12.7. The van der Waals surface area contributed by atoms with Gasteiger partial charge < -0.3 is 9.47 Å². The lowest BCUT2D eigenvalue weighted by Gasteiger charge is -2.31. The summed E-state index contributed by atoms with van der Waals surface area (Å²) in [5.74, 6) is -3.78. The fraction of sp³-hybridized carbons (Fsp3) is 0.429. The maximum Gasteiger partial charge on any atom is 0.410 e. The van der Waals surface area contributed by atoms with Crippen LogP contribution in [-0.2, 0) is 20.8 Å². The molecule has 0 aromatic heterocycles. The van der Waals surface area contributed by atoms with Gasteiger partial charge in [0, 0.05) is 12.6 Å². The zero-order valence-corrected chi connectivity index (χ0v) is 22.6. The van der Waals surface area contributed by atoms with Crippen LogP contribution in [0, 0.1) is 21.3 Å². The number of hydrogen-bond donors (Lipinski definition) is 0. The smallest absolute Gasteiger partial charge is 0.410 e. The number of hydrogen-bond acceptors (Lipinski definition) is 8. The van der Waals surface area contributed by atoms with E-state index >= 15 is 0 Å². The van der Waals surface area contributed by atoms with Crippen molar-refractivity contribution >= 4 is 29.6 Å². The van der Waals surface area contributed by atoms with Crippen molar-refractivity contribution in [2.75, 3.05) is 13.7 Å². The van der Waals surface area contributed by atoms with Crippen LogP contribution < -0.4 is 0 Å². The minimum atomic E-state index is -1.22. The Morgan fingerprint density at radius 1 is 1.12 bits per heavy atom. The number of benzene rings is 2. The molecule has 2 fully saturated rings. The number of imide groups is 1. The van der Waals surface area contributed by atoms with Crippen LogP contribution in [-0.4, -0.2) is 63.9 Å². The van der Waals surface area contributed by atoms with Gasteiger partial charge in [0.1, 0.15) is 17.5 Å². The molecule has 40 heavy (non-hydrogen) atoms. The van der Waals surface area contributed by atoms with Crippen molar-refractivity contribution in [2.45, 2.75) is 58.2 Å². The molecule has 2 aromatic rings. The molecule has 0 N–H and O–H groups in total. The first-order chi connectivity index (χ1) is 18.7. The molecule has 1 saturated carbocycles. The molecule has 1 aliphatic carbocycles. The quantitative estimate of drug-likeness (QED) is 0.220. The summed E-state index contributed by atoms with van der Waals surface area (Å²) in [5, 5.41) is 11.7. The third kappa shape index (κ3) is 5.95. The number of carbonyl (C=O) groups excluding carboxylic acids is 4. The maximum atomic E-state index is 14.9. The second kappa shape index (κ2) is 10.7. The average Bonchev–Trinajstić information content (AvgIpc) is 3.54. The second-order valence-corrected chi connectivity index (χ2v) is 11.1. The molecular weight excluding hydrogens is 525 g/mol. The van der Waals surface area contributed by atoms with Crippen molar-refractivity contribution in [3.63, 3.8) is 0 Å². The fourth-order valence-electron chi connectivity index (χ4n) is 4.82. The van der Waals surface area contributed by atoms with E-state index in [2.05, 4.69) is 4.74 Å². The minimum Gasteiger partial charge on any atom is -0.465 e. The van der Waals surface area contributed by atoms with E-state index in [1.54, 1.807) is 20.8 Å². The fourth-order valence-corrected chi connectivity index (χ4v) is 4.82. The van der Waals surface area contributed by atoms with Crippen molar-refractivity contribution in [3.05, 3.63) is 75.1 Å². The number of rotatable bonds is 6. The molecule has 1 saturated heterocycles. The van der Waals surface area contributed by atoms with Gasteiger partial charge in [-0.1, -0.05) is 18.2 Å². The van der Waals surface area contributed by atoms with Gasteiger partial charge in [-0.2, -0.15) is 0 Å². The monoisotopic (exact) mass is 555 g/mol. The highest BCUT2D eigenvalue weighted by atomic mass is 19.1. The Kier molecular flexibility index (Phi) is 7.64. The van der Waals surface area contributed by atoms with E-state index < -0.39 is 64.1 Å². The van der Waals surface area contributed by atoms with Crippen molar-refractivity contribution in [3.8, 4) is 0 Å². The lowest BCUT2D eigenvalue weighted by atomic mass is 10.0. The van der Waals surface area contributed by atoms with Gasteiger partial charge in [0.25, 0.3) is 17.5 Å². The standard InChI is InChI=1S/C28H30FN3O8/c1-27(2,3)40-26(36)31-16-28(12-13-28)14-21(31)23(33)30(15-17-8-10-18(11-9-17)25(35)39-4)24(34)22-19(29)6-5-7-20(22)32(37)38/h5-11,21H,12-16H2,1-4H3/t21-/m0/s1. The van der Waals surface area contributed by atoms with Gasteiger partial charge in [0.05, 0.1) is 24.1 Å². The van der Waals surface area contributed by atoms with Crippen molar-refractivity contribution < 1.29 is 38.0 Å². The Morgan fingerprint density at radius 2 is 1.77 bits per heavy atom. The predicted molar refractivity (Wildman–Crippen MR) is 139 cm³/mol. The number of amides is 3. The highest BCUT2D eigenvalue weighted by molar-refractivity contribution is 6.08. The summed E-state index contributed by atoms with van der Waals surface area (Å²) in [6.45, 7) is 4.94. The number of ether oxygens (including phenoxy) is 2. The Hall–Kier alpha value is -4.35. The molecule has 1 heterocycles. The molecule has 1 atom stereocenters. The van der Waals surface area contributed by atoms with Crippen LogP contribution in [0.15, 0.2) is 42.5 Å². The Labute approximate surface area is 230 Å². The van der Waals surface area contributed by atoms with E-state index in [1.165, 1.54) is 36.3 Å². The molecule has 2 aromatic carbocycles. The summed E-state index contributed by atoms with van der Waals surface area (Å²) in [5.41, 5.74) is -2.17. The van der Waals surface area contributed by atoms with Gasteiger partial charge in [-0.25, -0.2) is 14.0 Å². The van der Waals surface area contributed by atoms with Crippen LogP contribution >= 0.6 is 0 Å². The van der Waals surface area contributed by atoms with Gasteiger partial charge in [-0.05, 0) is 69.2 Å². The van der Waals surface area contributed by atoms with Gasteiger partial charge in [-0.3, -0.25) is 29.5 Å². The highest BCUT2D eigenvalue weighted by Gasteiger charge is 2.57. The zero-order valence-electron chi connectivity index (χ0n) is 22.6. The SMILES string of the molecule is COC(=O)c1ccc(CN(C(=O)c2c(F)cccc2[N+](=O)[O-])C(=O)[C@@H]2CC3(CC3)CN2C(=O)OC(C)(C)C)cc1. The number of esters is 1. The first kappa shape index (κ1) is 28.7. The van der Waals surface area contributed by atoms with Crippen molar-refractivity contribution in [1.82, 2.24) is 9.80 Å². The van der Waals surface area contributed by atoms with E-state index in [1.807, 2.05) is 0 Å². The Morgan fingerprint density at radius 3 is 2.33 bits per heavy atom. The molecule has 4 rings (SSSR count). The predicted octanol–water partition coefficient (Wildman–Crippen LogP) is 4.48. The first-order valence-corrected chi connectivity index (χ1v) is 12.7. The third-order valence-corrected chi connectivity index (χ3v) is 7.01. The molecule has 12 heteroatoms. The number of nitro benzene ring substituents is 1. The van der Waals surface area contributed by atoms with Gasteiger partial charge in [-0.15, -0.1) is 0 Å². The third-order valence-electron chi connectivity index (χ3n) is 7.01. The van der Waals surface area contributed by atoms with Gasteiger partial charge in [0.15, 0.2) is 5.56 Å². The summed E-state index contributed by atoms with van der Waals surface area (Å²) in [4.78, 5) is 65.5. The molecule has 212 valence electrons. The van der Waals surface area contributed by atoms with Crippen LogP contribution in [0.5, 0.6) is 0 Å². The molecule has 0 bridgehead atoms. The average molecular weight is 556 g/mol. The topological polar surface area (TPSA) is 136 Å². The van der Waals surface area contributed by atoms with Crippen molar-refractivity contribution in [2.24, 2.45) is 5.41 Å². The van der Waals surface area contributed by atoms with E-state index in [-0.39, 0.29) is 23.9 Å². The largest absolute Gasteiger partial charge is 0.465 e. The summed E-state index contributed by atoms with van der Waals surface area (Å²) in [7, 11) is 1.22. The normalized spacial score (nSPS) is 17.3. The summed E-state index contributed by atoms with van der Waals surface area (Å²) < 4.78 is 25.1. The number of nitro groups is 1. The lowest BCUT2D eigenvalue weighted by Crippen LogP contribution is -2.50. The lowest BCUT2D eigenvalue weighted by molar-refractivity contribution is -0.385. The number of methoxy groups -OCH3 is 1. The number of halogens is 1. The van der Waals surface area contributed by atoms with Crippen LogP contribution in [0.1, 0.15) is 66.3 Å². The molecule has 11 nitrogen and oxygen atoms in total. The maximum absolute atomic E-state index is 14.9.